The van der Waals surface area contributed by atoms with Crippen LogP contribution < -0.4 is 11.2 Å². The van der Waals surface area contributed by atoms with E-state index >= 15 is 0 Å². The van der Waals surface area contributed by atoms with Crippen LogP contribution >= 0.6 is 0 Å². The molecule has 0 aromatic carbocycles. The zero-order valence-corrected chi connectivity index (χ0v) is 5.74. The number of H-pyrrole nitrogens is 2. The Labute approximate surface area is 64.3 Å². The van der Waals surface area contributed by atoms with Crippen molar-refractivity contribution in [3.05, 3.63) is 27.2 Å². The second-order valence-corrected chi connectivity index (χ2v) is 2.19. The first-order valence-corrected chi connectivity index (χ1v) is 3.07. The third-order valence-corrected chi connectivity index (χ3v) is 1.42. The lowest BCUT2D eigenvalue weighted by Crippen LogP contribution is -2.22. The number of nitrogens with one attached hydrogen (secondary N) is 2. The Bertz CT molecular complexity index is 533. The summed E-state index contributed by atoms with van der Waals surface area (Å²) < 4.78 is 0.575. The van der Waals surface area contributed by atoms with Crippen molar-refractivity contribution in [1.29, 1.82) is 0 Å². The molecule has 12 heavy (non-hydrogen) atoms. The van der Waals surface area contributed by atoms with Gasteiger partial charge in [0.05, 0.1) is 0 Å². The molecule has 0 aliphatic heterocycles. The van der Waals surface area contributed by atoms with Gasteiger partial charge in [-0.25, -0.2) is 9.78 Å². The first kappa shape index (κ1) is 6.65. The molecule has 7 heteroatoms. The standard InChI is InChI=1S/C5H4N4O3/c10-4-2-3(7-5(11)8-4)9(12)1-6-2/h1,12H,(H2,7,8,10,11). The summed E-state index contributed by atoms with van der Waals surface area (Å²) in [6.45, 7) is 0. The minimum absolute atomic E-state index is 0.00269. The Balaban J connectivity index is 3.13. The first-order valence-electron chi connectivity index (χ1n) is 3.07. The van der Waals surface area contributed by atoms with E-state index < -0.39 is 11.2 Å². The Morgan fingerprint density at radius 3 is 2.92 bits per heavy atom. The van der Waals surface area contributed by atoms with Gasteiger partial charge in [-0.2, -0.15) is 4.73 Å². The molecule has 0 aliphatic rings. The smallest absolute Gasteiger partial charge is 0.327 e. The number of hydrogen-bond acceptors (Lipinski definition) is 4. The van der Waals surface area contributed by atoms with Gasteiger partial charge >= 0.3 is 5.69 Å². The molecule has 2 aromatic heterocycles. The van der Waals surface area contributed by atoms with E-state index in [1.54, 1.807) is 0 Å². The first-order chi connectivity index (χ1) is 5.68. The number of aromatic nitrogens is 4. The molecule has 0 atom stereocenters. The Morgan fingerprint density at radius 2 is 2.17 bits per heavy atom. The monoisotopic (exact) mass is 168 g/mol. The van der Waals surface area contributed by atoms with Gasteiger partial charge in [-0.05, 0) is 0 Å². The zero-order chi connectivity index (χ0) is 8.72. The van der Waals surface area contributed by atoms with Gasteiger partial charge in [0.25, 0.3) is 5.56 Å². The molecule has 3 N–H and O–H groups in total. The van der Waals surface area contributed by atoms with Crippen LogP contribution in [-0.4, -0.2) is 24.9 Å². The van der Waals surface area contributed by atoms with Crippen molar-refractivity contribution < 1.29 is 5.21 Å². The van der Waals surface area contributed by atoms with Crippen molar-refractivity contribution in [2.24, 2.45) is 0 Å². The average molecular weight is 168 g/mol. The summed E-state index contributed by atoms with van der Waals surface area (Å²) in [5, 5.41) is 8.99. The van der Waals surface area contributed by atoms with E-state index in [1.807, 2.05) is 4.98 Å². The fourth-order valence-corrected chi connectivity index (χ4v) is 0.924. The van der Waals surface area contributed by atoms with Gasteiger partial charge in [0.1, 0.15) is 6.33 Å². The number of hydrogen-bond donors (Lipinski definition) is 3. The molecule has 0 spiro atoms. The van der Waals surface area contributed by atoms with Crippen molar-refractivity contribution in [2.45, 2.75) is 0 Å². The van der Waals surface area contributed by atoms with Gasteiger partial charge in [0.2, 0.25) is 0 Å². The molecule has 0 bridgehead atoms. The van der Waals surface area contributed by atoms with Gasteiger partial charge in [-0.15, -0.1) is 0 Å². The minimum atomic E-state index is -0.677. The highest BCUT2D eigenvalue weighted by Gasteiger charge is 2.05. The summed E-state index contributed by atoms with van der Waals surface area (Å²) in [7, 11) is 0. The molecule has 2 heterocycles. The zero-order valence-electron chi connectivity index (χ0n) is 5.74. The predicted molar refractivity (Wildman–Crippen MR) is 38.2 cm³/mol. The summed E-state index contributed by atoms with van der Waals surface area (Å²) in [5.74, 6) is 0. The lowest BCUT2D eigenvalue weighted by molar-refractivity contribution is 0.196. The normalized spacial score (nSPS) is 10.7. The van der Waals surface area contributed by atoms with Crippen molar-refractivity contribution in [2.75, 3.05) is 0 Å². The largest absolute Gasteiger partial charge is 0.425 e. The Morgan fingerprint density at radius 1 is 1.42 bits per heavy atom. The Hall–Kier alpha value is -2.05. The maximum atomic E-state index is 11.0. The number of aromatic amines is 2. The molecule has 2 rings (SSSR count). The van der Waals surface area contributed by atoms with Crippen LogP contribution in [0.1, 0.15) is 0 Å². The van der Waals surface area contributed by atoms with Gasteiger partial charge in [-0.3, -0.25) is 14.8 Å². The van der Waals surface area contributed by atoms with E-state index in [9.17, 15) is 9.59 Å². The highest BCUT2D eigenvalue weighted by Crippen LogP contribution is 1.97. The second-order valence-electron chi connectivity index (χ2n) is 2.19. The molecule has 0 fully saturated rings. The molecule has 0 saturated carbocycles. The summed E-state index contributed by atoms with van der Waals surface area (Å²) >= 11 is 0. The number of imidazole rings is 1. The fraction of sp³-hybridized carbons (Fsp3) is 0. The summed E-state index contributed by atoms with van der Waals surface area (Å²) in [4.78, 5) is 29.4. The van der Waals surface area contributed by atoms with Crippen molar-refractivity contribution in [3.8, 4) is 0 Å². The van der Waals surface area contributed by atoms with E-state index in [-0.39, 0.29) is 11.2 Å². The molecule has 0 aliphatic carbocycles. The highest BCUT2D eigenvalue weighted by atomic mass is 16.5. The van der Waals surface area contributed by atoms with Gasteiger partial charge in [0.15, 0.2) is 11.2 Å². The van der Waals surface area contributed by atoms with Crippen LogP contribution in [0.5, 0.6) is 0 Å². The van der Waals surface area contributed by atoms with Crippen LogP contribution in [0.4, 0.5) is 0 Å². The molecule has 0 unspecified atom stereocenters. The van der Waals surface area contributed by atoms with Crippen LogP contribution in [0.2, 0.25) is 0 Å². The fourth-order valence-electron chi connectivity index (χ4n) is 0.924. The van der Waals surface area contributed by atoms with Crippen LogP contribution in [0, 0.1) is 0 Å². The van der Waals surface area contributed by atoms with Gasteiger partial charge < -0.3 is 5.21 Å². The van der Waals surface area contributed by atoms with Crippen molar-refractivity contribution in [1.82, 2.24) is 19.7 Å². The average Bonchev–Trinajstić information content (AvgIpc) is 2.33. The lowest BCUT2D eigenvalue weighted by Gasteiger charge is -1.89. The van der Waals surface area contributed by atoms with Crippen molar-refractivity contribution >= 4 is 11.2 Å². The van der Waals surface area contributed by atoms with Gasteiger partial charge in [-0.1, -0.05) is 0 Å². The van der Waals surface area contributed by atoms with Crippen LogP contribution in [0.15, 0.2) is 15.9 Å². The van der Waals surface area contributed by atoms with Crippen LogP contribution in [0.3, 0.4) is 0 Å². The SMILES string of the molecule is O=c1[nH]c(=O)c2ncn(O)c2[nH]1. The Kier molecular flexibility index (Phi) is 1.09. The van der Waals surface area contributed by atoms with Gasteiger partial charge in [0, 0.05) is 0 Å². The quantitative estimate of drug-likeness (QED) is 0.423. The third-order valence-electron chi connectivity index (χ3n) is 1.42. The third kappa shape index (κ3) is 0.729. The summed E-state index contributed by atoms with van der Waals surface area (Å²) in [5.41, 5.74) is -1.31. The molecule has 0 radical (unpaired) electrons. The lowest BCUT2D eigenvalue weighted by atomic mass is 10.5. The number of fused-ring (bicyclic) bond motifs is 1. The maximum Gasteiger partial charge on any atom is 0.327 e. The molecule has 7 nitrogen and oxygen atoms in total. The minimum Gasteiger partial charge on any atom is -0.425 e. The molecule has 0 saturated heterocycles. The molecule has 62 valence electrons. The van der Waals surface area contributed by atoms with E-state index in [0.717, 1.165) is 6.33 Å². The van der Waals surface area contributed by atoms with Crippen LogP contribution in [0.25, 0.3) is 11.2 Å². The molecule has 2 aromatic rings. The highest BCUT2D eigenvalue weighted by molar-refractivity contribution is 5.68. The van der Waals surface area contributed by atoms with E-state index in [0.29, 0.717) is 4.73 Å². The summed E-state index contributed by atoms with van der Waals surface area (Å²) in [6, 6.07) is 0. The van der Waals surface area contributed by atoms with E-state index in [1.165, 1.54) is 0 Å². The van der Waals surface area contributed by atoms with E-state index in [4.69, 9.17) is 5.21 Å². The maximum absolute atomic E-state index is 11.0. The second kappa shape index (κ2) is 1.97. The number of rotatable bonds is 0. The van der Waals surface area contributed by atoms with E-state index in [2.05, 4.69) is 9.97 Å². The topological polar surface area (TPSA) is 104 Å². The molecule has 0 amide bonds. The summed E-state index contributed by atoms with van der Waals surface area (Å²) in [6.07, 6.45) is 1.02. The predicted octanol–water partition coefficient (Wildman–Crippen LogP) is -1.35. The molecular formula is C5H4N4O3. The number of nitrogens with zero attached hydrogens (tertiary/aromatic N) is 2. The van der Waals surface area contributed by atoms with Crippen molar-refractivity contribution in [3.63, 3.8) is 0 Å². The molecular weight excluding hydrogens is 164 g/mol. The van der Waals surface area contributed by atoms with Crippen LogP contribution in [-0.2, 0) is 0 Å².